The topological polar surface area (TPSA) is 31.4 Å². The molecule has 1 aliphatic rings. The van der Waals surface area contributed by atoms with E-state index in [-0.39, 0.29) is 6.10 Å². The zero-order chi connectivity index (χ0) is 9.10. The van der Waals surface area contributed by atoms with Crippen molar-refractivity contribution in [3.63, 3.8) is 0 Å². The van der Waals surface area contributed by atoms with Gasteiger partial charge in [-0.15, -0.1) is 0 Å². The van der Waals surface area contributed by atoms with Crippen LogP contribution in [0.5, 0.6) is 5.75 Å². The molecule has 0 spiro atoms. The number of hydrogen-bond acceptors (Lipinski definition) is 3. The van der Waals surface area contributed by atoms with E-state index in [1.165, 1.54) is 0 Å². The second kappa shape index (κ2) is 4.07. The summed E-state index contributed by atoms with van der Waals surface area (Å²) in [4.78, 5) is 3.95. The fourth-order valence-corrected chi connectivity index (χ4v) is 1.44. The highest BCUT2D eigenvalue weighted by Crippen LogP contribution is 2.23. The summed E-state index contributed by atoms with van der Waals surface area (Å²) in [6.45, 7) is 1.49. The highest BCUT2D eigenvalue weighted by Gasteiger charge is 2.18. The van der Waals surface area contributed by atoms with E-state index >= 15 is 0 Å². The zero-order valence-electron chi connectivity index (χ0n) is 7.07. The standard InChI is InChI=1S/C9H10BrNO2/c10-8-5-11-3-1-9(8)13-6-7-2-4-12-7/h1,3,5,7H,2,4,6H2. The molecule has 0 aliphatic carbocycles. The van der Waals surface area contributed by atoms with E-state index in [9.17, 15) is 0 Å². The van der Waals surface area contributed by atoms with E-state index in [1.54, 1.807) is 12.4 Å². The summed E-state index contributed by atoms with van der Waals surface area (Å²) in [5, 5.41) is 0. The first kappa shape index (κ1) is 8.97. The molecule has 4 heteroatoms. The van der Waals surface area contributed by atoms with Crippen LogP contribution in [0.15, 0.2) is 22.9 Å². The largest absolute Gasteiger partial charge is 0.490 e. The van der Waals surface area contributed by atoms with Gasteiger partial charge < -0.3 is 9.47 Å². The van der Waals surface area contributed by atoms with Crippen molar-refractivity contribution in [2.24, 2.45) is 0 Å². The van der Waals surface area contributed by atoms with Crippen LogP contribution in [0.2, 0.25) is 0 Å². The van der Waals surface area contributed by atoms with Gasteiger partial charge in [-0.1, -0.05) is 0 Å². The number of hydrogen-bond donors (Lipinski definition) is 0. The first-order chi connectivity index (χ1) is 6.36. The quantitative estimate of drug-likeness (QED) is 0.814. The Labute approximate surface area is 85.2 Å². The molecule has 2 rings (SSSR count). The molecule has 1 atom stereocenters. The molecule has 0 radical (unpaired) electrons. The van der Waals surface area contributed by atoms with E-state index in [1.807, 2.05) is 6.07 Å². The molecule has 3 nitrogen and oxygen atoms in total. The molecule has 0 aromatic carbocycles. The van der Waals surface area contributed by atoms with Gasteiger partial charge in [0, 0.05) is 25.4 Å². The lowest BCUT2D eigenvalue weighted by molar-refractivity contribution is -0.0722. The van der Waals surface area contributed by atoms with Crippen LogP contribution in [0.3, 0.4) is 0 Å². The van der Waals surface area contributed by atoms with Gasteiger partial charge in [0.25, 0.3) is 0 Å². The summed E-state index contributed by atoms with van der Waals surface area (Å²) in [5.74, 6) is 0.825. The smallest absolute Gasteiger partial charge is 0.136 e. The maximum absolute atomic E-state index is 5.53. The second-order valence-corrected chi connectivity index (χ2v) is 3.75. The van der Waals surface area contributed by atoms with Crippen molar-refractivity contribution >= 4 is 15.9 Å². The lowest BCUT2D eigenvalue weighted by atomic mass is 10.2. The molecule has 1 fully saturated rings. The maximum Gasteiger partial charge on any atom is 0.136 e. The summed E-state index contributed by atoms with van der Waals surface area (Å²) in [5.41, 5.74) is 0. The van der Waals surface area contributed by atoms with Crippen molar-refractivity contribution in [2.45, 2.75) is 12.5 Å². The predicted molar refractivity (Wildman–Crippen MR) is 51.8 cm³/mol. The molecule has 1 aromatic rings. The first-order valence-corrected chi connectivity index (χ1v) is 4.99. The number of pyridine rings is 1. The summed E-state index contributed by atoms with van der Waals surface area (Å²) < 4.78 is 11.6. The second-order valence-electron chi connectivity index (χ2n) is 2.90. The molecule has 1 aliphatic heterocycles. The van der Waals surface area contributed by atoms with Crippen molar-refractivity contribution in [3.05, 3.63) is 22.9 Å². The van der Waals surface area contributed by atoms with Gasteiger partial charge >= 0.3 is 0 Å². The van der Waals surface area contributed by atoms with E-state index in [0.29, 0.717) is 6.61 Å². The molecule has 13 heavy (non-hydrogen) atoms. The van der Waals surface area contributed by atoms with Gasteiger partial charge in [-0.25, -0.2) is 0 Å². The normalized spacial score (nSPS) is 20.8. The Balaban J connectivity index is 1.89. The molecule has 1 aromatic heterocycles. The van der Waals surface area contributed by atoms with Gasteiger partial charge in [0.1, 0.15) is 12.4 Å². The third-order valence-corrected chi connectivity index (χ3v) is 2.55. The fourth-order valence-electron chi connectivity index (χ4n) is 1.08. The Morgan fingerprint density at radius 1 is 1.69 bits per heavy atom. The molecule has 0 saturated carbocycles. The molecule has 1 saturated heterocycles. The van der Waals surface area contributed by atoms with Crippen LogP contribution >= 0.6 is 15.9 Å². The molecule has 70 valence electrons. The number of aromatic nitrogens is 1. The Kier molecular flexibility index (Phi) is 2.80. The third kappa shape index (κ3) is 2.19. The van der Waals surface area contributed by atoms with Crippen LogP contribution in [0.4, 0.5) is 0 Å². The average molecular weight is 244 g/mol. The van der Waals surface area contributed by atoms with Crippen LogP contribution in [-0.2, 0) is 4.74 Å². The minimum absolute atomic E-state index is 0.278. The fraction of sp³-hybridized carbons (Fsp3) is 0.444. The molecule has 0 bridgehead atoms. The SMILES string of the molecule is Brc1cnccc1OCC1CCO1. The Morgan fingerprint density at radius 3 is 3.15 bits per heavy atom. The first-order valence-electron chi connectivity index (χ1n) is 4.20. The van der Waals surface area contributed by atoms with E-state index < -0.39 is 0 Å². The van der Waals surface area contributed by atoms with E-state index in [2.05, 4.69) is 20.9 Å². The lowest BCUT2D eigenvalue weighted by Gasteiger charge is -2.26. The molecule has 2 heterocycles. The Bertz CT molecular complexity index is 289. The van der Waals surface area contributed by atoms with E-state index in [4.69, 9.17) is 9.47 Å². The molecule has 0 amide bonds. The molecular weight excluding hydrogens is 234 g/mol. The molecular formula is C9H10BrNO2. The van der Waals surface area contributed by atoms with Crippen molar-refractivity contribution in [1.29, 1.82) is 0 Å². The van der Waals surface area contributed by atoms with Crippen LogP contribution in [-0.4, -0.2) is 24.3 Å². The van der Waals surface area contributed by atoms with Gasteiger partial charge in [0.15, 0.2) is 0 Å². The maximum atomic E-state index is 5.53. The number of nitrogens with zero attached hydrogens (tertiary/aromatic N) is 1. The summed E-state index contributed by atoms with van der Waals surface area (Å²) in [6, 6.07) is 1.84. The summed E-state index contributed by atoms with van der Waals surface area (Å²) in [6.07, 6.45) is 4.81. The number of rotatable bonds is 3. The van der Waals surface area contributed by atoms with Crippen LogP contribution in [0.25, 0.3) is 0 Å². The summed E-state index contributed by atoms with van der Waals surface area (Å²) in [7, 11) is 0. The number of halogens is 1. The van der Waals surface area contributed by atoms with Crippen LogP contribution in [0.1, 0.15) is 6.42 Å². The van der Waals surface area contributed by atoms with Crippen molar-refractivity contribution in [1.82, 2.24) is 4.98 Å². The Hall–Kier alpha value is -0.610. The average Bonchev–Trinajstić information content (AvgIpc) is 2.05. The highest BCUT2D eigenvalue weighted by atomic mass is 79.9. The molecule has 1 unspecified atom stereocenters. The highest BCUT2D eigenvalue weighted by molar-refractivity contribution is 9.10. The monoisotopic (exact) mass is 243 g/mol. The van der Waals surface area contributed by atoms with Crippen LogP contribution in [0, 0.1) is 0 Å². The minimum atomic E-state index is 0.278. The summed E-state index contributed by atoms with van der Waals surface area (Å²) >= 11 is 3.36. The lowest BCUT2D eigenvalue weighted by Crippen LogP contribution is -2.32. The van der Waals surface area contributed by atoms with Crippen molar-refractivity contribution in [3.8, 4) is 5.75 Å². The van der Waals surface area contributed by atoms with Crippen molar-refractivity contribution in [2.75, 3.05) is 13.2 Å². The third-order valence-electron chi connectivity index (χ3n) is 1.95. The number of ether oxygens (including phenoxy) is 2. The van der Waals surface area contributed by atoms with Gasteiger partial charge in [-0.05, 0) is 22.0 Å². The van der Waals surface area contributed by atoms with Gasteiger partial charge in [0.05, 0.1) is 10.6 Å². The van der Waals surface area contributed by atoms with Gasteiger partial charge in [-0.3, -0.25) is 4.98 Å². The Morgan fingerprint density at radius 2 is 2.54 bits per heavy atom. The minimum Gasteiger partial charge on any atom is -0.490 e. The van der Waals surface area contributed by atoms with E-state index in [0.717, 1.165) is 23.2 Å². The van der Waals surface area contributed by atoms with Crippen LogP contribution < -0.4 is 4.74 Å². The zero-order valence-corrected chi connectivity index (χ0v) is 8.66. The van der Waals surface area contributed by atoms with Gasteiger partial charge in [0.2, 0.25) is 0 Å². The predicted octanol–water partition coefficient (Wildman–Crippen LogP) is 2.01. The molecule has 0 N–H and O–H groups in total. The van der Waals surface area contributed by atoms with Gasteiger partial charge in [-0.2, -0.15) is 0 Å². The van der Waals surface area contributed by atoms with Crippen molar-refractivity contribution < 1.29 is 9.47 Å².